The lowest BCUT2D eigenvalue weighted by Crippen LogP contribution is -2.67. The molecule has 0 bridgehead atoms. The number of nitrogens with one attached hydrogen (secondary N) is 1. The number of H-pyrrole nitrogens is 1. The smallest absolute Gasteiger partial charge is 0.358 e. The van der Waals surface area contributed by atoms with Crippen LogP contribution in [0.3, 0.4) is 0 Å². The van der Waals surface area contributed by atoms with Crippen molar-refractivity contribution in [1.29, 1.82) is 0 Å². The molecule has 49 heavy (non-hydrogen) atoms. The lowest BCUT2D eigenvalue weighted by Gasteiger charge is -2.43. The minimum absolute atomic E-state index is 0.0908. The van der Waals surface area contributed by atoms with E-state index in [1.165, 1.54) is 17.9 Å². The maximum absolute atomic E-state index is 13.1. The van der Waals surface area contributed by atoms with Crippen LogP contribution in [0.5, 0.6) is 5.75 Å². The van der Waals surface area contributed by atoms with Gasteiger partial charge in [0.2, 0.25) is 0 Å². The Morgan fingerprint density at radius 3 is 2.06 bits per heavy atom. The van der Waals surface area contributed by atoms with Crippen LogP contribution in [0.25, 0.3) is 0 Å². The Labute approximate surface area is 294 Å². The zero-order valence-electron chi connectivity index (χ0n) is 29.4. The molecular formula is C38H46N2O7SSi. The summed E-state index contributed by atoms with van der Waals surface area (Å²) in [4.78, 5) is 27.7. The van der Waals surface area contributed by atoms with Crippen LogP contribution in [-0.2, 0) is 24.1 Å². The van der Waals surface area contributed by atoms with Crippen molar-refractivity contribution in [1.82, 2.24) is 9.55 Å². The van der Waals surface area contributed by atoms with Crippen LogP contribution < -0.4 is 26.4 Å². The molecule has 3 aromatic carbocycles. The van der Waals surface area contributed by atoms with Crippen LogP contribution >= 0.6 is 12.2 Å². The summed E-state index contributed by atoms with van der Waals surface area (Å²) in [5.74, 6) is 0.537. The van der Waals surface area contributed by atoms with E-state index in [1.54, 1.807) is 6.92 Å². The number of methoxy groups -OCH3 is 1. The summed E-state index contributed by atoms with van der Waals surface area (Å²) in [5.41, 5.74) is 0.227. The highest BCUT2D eigenvalue weighted by Crippen LogP contribution is 2.39. The summed E-state index contributed by atoms with van der Waals surface area (Å²) < 4.78 is 33.5. The normalized spacial score (nSPS) is 19.8. The van der Waals surface area contributed by atoms with Crippen LogP contribution in [0.1, 0.15) is 58.9 Å². The van der Waals surface area contributed by atoms with E-state index in [0.29, 0.717) is 11.3 Å². The van der Waals surface area contributed by atoms with Crippen molar-refractivity contribution in [2.75, 3.05) is 13.7 Å². The molecule has 5 rings (SSSR count). The molecule has 0 spiro atoms. The van der Waals surface area contributed by atoms with Gasteiger partial charge in [0, 0.05) is 31.1 Å². The van der Waals surface area contributed by atoms with Crippen molar-refractivity contribution in [2.45, 2.75) is 83.5 Å². The van der Waals surface area contributed by atoms with Crippen LogP contribution in [0.2, 0.25) is 5.04 Å². The average molecular weight is 703 g/mol. The van der Waals surface area contributed by atoms with Crippen LogP contribution in [0, 0.1) is 6.92 Å². The third-order valence-electron chi connectivity index (χ3n) is 8.99. The van der Waals surface area contributed by atoms with Crippen LogP contribution in [-0.4, -0.2) is 55.1 Å². The van der Waals surface area contributed by atoms with Crippen LogP contribution in [0.4, 0.5) is 0 Å². The molecule has 0 unspecified atom stereocenters. The van der Waals surface area contributed by atoms with Crippen molar-refractivity contribution in [2.24, 2.45) is 0 Å². The van der Waals surface area contributed by atoms with Crippen molar-refractivity contribution in [3.63, 3.8) is 0 Å². The number of hydrogen-bond donors (Lipinski definition) is 1. The third-order valence-corrected chi connectivity index (χ3v) is 14.2. The van der Waals surface area contributed by atoms with Gasteiger partial charge >= 0.3 is 10.9 Å². The zero-order chi connectivity index (χ0) is 35.6. The number of hydrogen-bond acceptors (Lipinski definition) is 8. The summed E-state index contributed by atoms with van der Waals surface area (Å²) in [6, 6.07) is 28.3. The largest absolute Gasteiger partial charge is 0.447 e. The Morgan fingerprint density at radius 2 is 1.51 bits per heavy atom. The van der Waals surface area contributed by atoms with Gasteiger partial charge in [0.05, 0.1) is 6.61 Å². The average Bonchev–Trinajstić information content (AvgIpc) is 3.39. The SMILES string of the molecule is CO[C@@H]1[C@H](OC(=S)Oc2cccc(C(C)(C)C)c2)[C@@H](CO[Si](c2ccccc2)(c2ccccc2)C(C)(C)C)O[C@H]1n1cc(C)c(=O)[nH]c1=O. The van der Waals surface area contributed by atoms with Gasteiger partial charge < -0.3 is 23.4 Å². The Balaban J connectivity index is 1.53. The molecule has 1 aliphatic heterocycles. The summed E-state index contributed by atoms with van der Waals surface area (Å²) in [6.07, 6.45) is -1.91. The third kappa shape index (κ3) is 7.66. The second-order valence-corrected chi connectivity index (χ2v) is 19.1. The number of aromatic nitrogens is 2. The maximum atomic E-state index is 13.1. The van der Waals surface area contributed by atoms with E-state index >= 15 is 0 Å². The molecule has 1 saturated heterocycles. The minimum atomic E-state index is -2.99. The van der Waals surface area contributed by atoms with E-state index in [9.17, 15) is 9.59 Å². The fourth-order valence-electron chi connectivity index (χ4n) is 6.46. The fraction of sp³-hybridized carbons (Fsp3) is 0.395. The first-order valence-corrected chi connectivity index (χ1v) is 18.7. The van der Waals surface area contributed by atoms with E-state index < -0.39 is 44.1 Å². The Hall–Kier alpha value is -3.87. The highest BCUT2D eigenvalue weighted by molar-refractivity contribution is 7.79. The zero-order valence-corrected chi connectivity index (χ0v) is 31.2. The second kappa shape index (κ2) is 14.5. The maximum Gasteiger partial charge on any atom is 0.358 e. The molecule has 0 amide bonds. The van der Waals surface area contributed by atoms with E-state index in [0.717, 1.165) is 15.9 Å². The monoisotopic (exact) mass is 702 g/mol. The Kier molecular flexibility index (Phi) is 10.8. The van der Waals surface area contributed by atoms with E-state index in [2.05, 4.69) is 70.8 Å². The molecule has 2 heterocycles. The van der Waals surface area contributed by atoms with Gasteiger partial charge in [0.15, 0.2) is 12.3 Å². The predicted octanol–water partition coefficient (Wildman–Crippen LogP) is 5.38. The van der Waals surface area contributed by atoms with Gasteiger partial charge in [-0.15, -0.1) is 0 Å². The molecule has 1 fully saturated rings. The van der Waals surface area contributed by atoms with Crippen LogP contribution in [0.15, 0.2) is 101 Å². The van der Waals surface area contributed by atoms with Crippen molar-refractivity contribution in [3.8, 4) is 5.75 Å². The number of aryl methyl sites for hydroxylation is 1. The van der Waals surface area contributed by atoms with Gasteiger partial charge in [0.1, 0.15) is 18.0 Å². The molecular weight excluding hydrogens is 657 g/mol. The molecule has 1 aliphatic rings. The molecule has 0 saturated carbocycles. The van der Waals surface area contributed by atoms with E-state index in [-0.39, 0.29) is 22.3 Å². The van der Waals surface area contributed by atoms with Gasteiger partial charge in [-0.3, -0.25) is 14.3 Å². The predicted molar refractivity (Wildman–Crippen MR) is 198 cm³/mol. The van der Waals surface area contributed by atoms with Gasteiger partial charge in [-0.1, -0.05) is 114 Å². The van der Waals surface area contributed by atoms with Gasteiger partial charge in [-0.2, -0.15) is 0 Å². The highest BCUT2D eigenvalue weighted by Gasteiger charge is 2.54. The first-order chi connectivity index (χ1) is 23.2. The Morgan fingerprint density at radius 1 is 0.898 bits per heavy atom. The Bertz CT molecular complexity index is 1830. The summed E-state index contributed by atoms with van der Waals surface area (Å²) >= 11 is 5.65. The second-order valence-electron chi connectivity index (χ2n) is 14.4. The van der Waals surface area contributed by atoms with Gasteiger partial charge in [0.25, 0.3) is 13.9 Å². The molecule has 0 radical (unpaired) electrons. The fourth-order valence-corrected chi connectivity index (χ4v) is 11.2. The topological polar surface area (TPSA) is 101 Å². The lowest BCUT2D eigenvalue weighted by molar-refractivity contribution is -0.0611. The number of benzene rings is 3. The molecule has 260 valence electrons. The number of aromatic amines is 1. The van der Waals surface area contributed by atoms with E-state index in [1.807, 2.05) is 60.7 Å². The molecule has 4 aromatic rings. The minimum Gasteiger partial charge on any atom is -0.447 e. The van der Waals surface area contributed by atoms with Gasteiger partial charge in [-0.25, -0.2) is 4.79 Å². The van der Waals surface area contributed by atoms with E-state index in [4.69, 9.17) is 35.6 Å². The summed E-state index contributed by atoms with van der Waals surface area (Å²) in [5, 5.41) is 1.79. The number of ether oxygens (including phenoxy) is 4. The van der Waals surface area contributed by atoms with Gasteiger partial charge in [-0.05, 0) is 45.4 Å². The molecule has 4 atom stereocenters. The number of rotatable bonds is 9. The first-order valence-electron chi connectivity index (χ1n) is 16.4. The molecule has 11 heteroatoms. The molecule has 9 nitrogen and oxygen atoms in total. The molecule has 0 aliphatic carbocycles. The van der Waals surface area contributed by atoms with Crippen molar-refractivity contribution >= 4 is 36.1 Å². The highest BCUT2D eigenvalue weighted by atomic mass is 32.1. The lowest BCUT2D eigenvalue weighted by atomic mass is 9.87. The standard InChI is InChI=1S/C38H46N2O7SSi/c1-25-23-40(35(42)39-33(25)41)34-32(43-8)31(47-36(48)45-27-17-15-16-26(22-27)37(2,3)4)30(46-34)24-44-49(38(5,6)7,28-18-11-9-12-19-28)29-20-13-10-14-21-29/h9-23,30-32,34H,24H2,1-8H3,(H,39,41,42)/t30-,31-,32-,34-/m1/s1. The molecule has 1 N–H and O–H groups in total. The molecule has 1 aromatic heterocycles. The number of nitrogens with zero attached hydrogens (tertiary/aromatic N) is 1. The quantitative estimate of drug-likeness (QED) is 0.183. The van der Waals surface area contributed by atoms with Crippen molar-refractivity contribution in [3.05, 3.63) is 123 Å². The first kappa shape index (κ1) is 36.4. The summed E-state index contributed by atoms with van der Waals surface area (Å²) in [6.45, 7) is 14.7. The summed E-state index contributed by atoms with van der Waals surface area (Å²) in [7, 11) is -1.47. The van der Waals surface area contributed by atoms with Crippen molar-refractivity contribution < 1.29 is 23.4 Å². The number of thiocarbonyl (C=S) groups is 1.